The fraction of sp³-hybridized carbons (Fsp3) is 0.333. The van der Waals surface area contributed by atoms with E-state index in [0.29, 0.717) is 28.7 Å². The lowest BCUT2D eigenvalue weighted by Gasteiger charge is -2.26. The van der Waals surface area contributed by atoms with Crippen molar-refractivity contribution in [2.45, 2.75) is 25.7 Å². The van der Waals surface area contributed by atoms with Crippen molar-refractivity contribution in [3.8, 4) is 0 Å². The molecule has 0 bridgehead atoms. The Bertz CT molecular complexity index is 746. The van der Waals surface area contributed by atoms with Gasteiger partial charge in [-0.1, -0.05) is 43.1 Å². The van der Waals surface area contributed by atoms with Crippen LogP contribution in [-0.2, 0) is 10.2 Å². The molecule has 2 amide bonds. The molecule has 2 rings (SSSR count). The maximum Gasteiger partial charge on any atom is 0.252 e. The van der Waals surface area contributed by atoms with Crippen LogP contribution in [0.1, 0.15) is 36.2 Å². The fourth-order valence-electron chi connectivity index (χ4n) is 2.21. The third-order valence-corrected chi connectivity index (χ3v) is 5.27. The van der Waals surface area contributed by atoms with Gasteiger partial charge >= 0.3 is 0 Å². The summed E-state index contributed by atoms with van der Waals surface area (Å²) in [6.45, 7) is 4.80. The van der Waals surface area contributed by atoms with Crippen LogP contribution in [-0.4, -0.2) is 24.9 Å². The van der Waals surface area contributed by atoms with Gasteiger partial charge in [-0.05, 0) is 29.1 Å². The van der Waals surface area contributed by atoms with Crippen LogP contribution in [0, 0.1) is 0 Å². The van der Waals surface area contributed by atoms with E-state index in [4.69, 9.17) is 23.2 Å². The maximum atomic E-state index is 12.0. The molecule has 4 nitrogen and oxygen atoms in total. The molecule has 0 aliphatic carbocycles. The molecule has 2 aromatic rings. The molecular weight excluding hydrogens is 379 g/mol. The van der Waals surface area contributed by atoms with Crippen LogP contribution >= 0.6 is 34.5 Å². The maximum absolute atomic E-state index is 12.0. The summed E-state index contributed by atoms with van der Waals surface area (Å²) >= 11 is 13.5. The van der Waals surface area contributed by atoms with Gasteiger partial charge in [-0.2, -0.15) is 11.3 Å². The van der Waals surface area contributed by atoms with Gasteiger partial charge in [0.05, 0.1) is 10.0 Å². The van der Waals surface area contributed by atoms with Crippen molar-refractivity contribution in [2.24, 2.45) is 0 Å². The van der Waals surface area contributed by atoms with Crippen LogP contribution in [0.2, 0.25) is 10.0 Å². The number of hydrogen-bond donors (Lipinski definition) is 2. The van der Waals surface area contributed by atoms with Gasteiger partial charge in [0.2, 0.25) is 5.91 Å². The minimum atomic E-state index is -0.288. The Labute approximate surface area is 161 Å². The molecule has 25 heavy (non-hydrogen) atoms. The van der Waals surface area contributed by atoms with Crippen LogP contribution in [0.4, 0.5) is 0 Å². The summed E-state index contributed by atoms with van der Waals surface area (Å²) in [4.78, 5) is 23.8. The van der Waals surface area contributed by atoms with E-state index in [1.54, 1.807) is 17.5 Å². The molecule has 7 heteroatoms. The molecule has 134 valence electrons. The summed E-state index contributed by atoms with van der Waals surface area (Å²) < 4.78 is 0. The van der Waals surface area contributed by atoms with Gasteiger partial charge in [0.15, 0.2) is 0 Å². The molecule has 0 saturated heterocycles. The van der Waals surface area contributed by atoms with Gasteiger partial charge in [-0.15, -0.1) is 0 Å². The molecule has 1 aromatic carbocycles. The highest BCUT2D eigenvalue weighted by Crippen LogP contribution is 2.29. The number of thiophene rings is 1. The number of rotatable bonds is 7. The zero-order valence-electron chi connectivity index (χ0n) is 14.1. The van der Waals surface area contributed by atoms with E-state index in [2.05, 4.69) is 10.6 Å². The van der Waals surface area contributed by atoms with E-state index < -0.39 is 0 Å². The number of halogens is 2. The van der Waals surface area contributed by atoms with Gasteiger partial charge in [-0.3, -0.25) is 9.59 Å². The van der Waals surface area contributed by atoms with Crippen molar-refractivity contribution in [2.75, 3.05) is 13.1 Å². The molecule has 0 radical (unpaired) electrons. The highest BCUT2D eigenvalue weighted by molar-refractivity contribution is 7.08. The Hall–Kier alpha value is -1.56. The third kappa shape index (κ3) is 5.73. The van der Waals surface area contributed by atoms with Gasteiger partial charge in [-0.25, -0.2) is 0 Å². The highest BCUT2D eigenvalue weighted by atomic mass is 35.5. The molecule has 0 spiro atoms. The Morgan fingerprint density at radius 2 is 1.88 bits per heavy atom. The summed E-state index contributed by atoms with van der Waals surface area (Å²) in [7, 11) is 0. The summed E-state index contributed by atoms with van der Waals surface area (Å²) in [5.74, 6) is -0.274. The quantitative estimate of drug-likeness (QED) is 0.731. The first-order chi connectivity index (χ1) is 11.8. The van der Waals surface area contributed by atoms with Gasteiger partial charge < -0.3 is 10.6 Å². The predicted molar refractivity (Wildman–Crippen MR) is 104 cm³/mol. The van der Waals surface area contributed by atoms with Crippen molar-refractivity contribution in [3.05, 3.63) is 56.2 Å². The normalized spacial score (nSPS) is 11.2. The number of carbonyl (C=O) groups is 2. The molecule has 1 heterocycles. The molecule has 0 fully saturated rings. The molecule has 2 N–H and O–H groups in total. The first-order valence-electron chi connectivity index (χ1n) is 7.82. The van der Waals surface area contributed by atoms with Crippen LogP contribution in [0.3, 0.4) is 0 Å². The highest BCUT2D eigenvalue weighted by Gasteiger charge is 2.22. The summed E-state index contributed by atoms with van der Waals surface area (Å²) in [6, 6.07) is 7.22. The number of amides is 2. The second kappa shape index (κ2) is 8.70. The number of carbonyl (C=O) groups excluding carboxylic acids is 2. The third-order valence-electron chi connectivity index (χ3n) is 3.85. The number of nitrogens with one attached hydrogen (secondary N) is 2. The van der Waals surface area contributed by atoms with Crippen molar-refractivity contribution in [1.29, 1.82) is 0 Å². The van der Waals surface area contributed by atoms with Crippen LogP contribution in [0.25, 0.3) is 0 Å². The van der Waals surface area contributed by atoms with Crippen LogP contribution < -0.4 is 10.6 Å². The van der Waals surface area contributed by atoms with E-state index in [1.165, 1.54) is 11.3 Å². The summed E-state index contributed by atoms with van der Waals surface area (Å²) in [5, 5.41) is 10.2. The minimum Gasteiger partial charge on any atom is -0.355 e. The van der Waals surface area contributed by atoms with Gasteiger partial charge in [0, 0.05) is 35.9 Å². The summed E-state index contributed by atoms with van der Waals surface area (Å²) in [6.07, 6.45) is 0.229. The molecule has 0 saturated carbocycles. The van der Waals surface area contributed by atoms with E-state index in [-0.39, 0.29) is 23.7 Å². The first-order valence-corrected chi connectivity index (χ1v) is 9.52. The zero-order valence-corrected chi connectivity index (χ0v) is 16.4. The number of benzene rings is 1. The van der Waals surface area contributed by atoms with Crippen LogP contribution in [0.5, 0.6) is 0 Å². The minimum absolute atomic E-state index is 0.112. The smallest absolute Gasteiger partial charge is 0.252 e. The largest absolute Gasteiger partial charge is 0.355 e. The Balaban J connectivity index is 1.78. The average molecular weight is 399 g/mol. The molecular formula is C18H20Cl2N2O2S. The average Bonchev–Trinajstić information content (AvgIpc) is 3.10. The predicted octanol–water partition coefficient (Wildman–Crippen LogP) is 4.27. The van der Waals surface area contributed by atoms with E-state index in [0.717, 1.165) is 5.56 Å². The second-order valence-corrected chi connectivity index (χ2v) is 7.90. The van der Waals surface area contributed by atoms with E-state index >= 15 is 0 Å². The van der Waals surface area contributed by atoms with Crippen molar-refractivity contribution in [1.82, 2.24) is 10.6 Å². The molecule has 0 unspecified atom stereocenters. The lowest BCUT2D eigenvalue weighted by atomic mass is 9.84. The fourth-order valence-corrected chi connectivity index (χ4v) is 3.15. The van der Waals surface area contributed by atoms with E-state index in [9.17, 15) is 9.59 Å². The lowest BCUT2D eigenvalue weighted by Crippen LogP contribution is -2.38. The van der Waals surface area contributed by atoms with Gasteiger partial charge in [0.1, 0.15) is 0 Å². The zero-order chi connectivity index (χ0) is 18.4. The Morgan fingerprint density at radius 1 is 1.12 bits per heavy atom. The molecule has 0 atom stereocenters. The molecule has 0 aliphatic rings. The molecule has 1 aromatic heterocycles. The second-order valence-electron chi connectivity index (χ2n) is 6.31. The molecule has 0 aliphatic heterocycles. The Morgan fingerprint density at radius 3 is 2.52 bits per heavy atom. The Kier molecular flexibility index (Phi) is 6.87. The van der Waals surface area contributed by atoms with Crippen molar-refractivity contribution < 1.29 is 9.59 Å². The SMILES string of the molecule is CC(C)(CNC(=O)CCNC(=O)c1ccsc1)c1ccc(Cl)c(Cl)c1. The standard InChI is InChI=1S/C18H20Cl2N2O2S/c1-18(2,13-3-4-14(19)15(20)9-13)11-22-16(23)5-7-21-17(24)12-6-8-25-10-12/h3-4,6,8-10H,5,7,11H2,1-2H3,(H,21,24)(H,22,23). The van der Waals surface area contributed by atoms with Gasteiger partial charge in [0.25, 0.3) is 5.91 Å². The number of hydrogen-bond acceptors (Lipinski definition) is 3. The van der Waals surface area contributed by atoms with Crippen molar-refractivity contribution in [3.63, 3.8) is 0 Å². The first kappa shape index (κ1) is 19.8. The lowest BCUT2D eigenvalue weighted by molar-refractivity contribution is -0.121. The monoisotopic (exact) mass is 398 g/mol. The van der Waals surface area contributed by atoms with Crippen LogP contribution in [0.15, 0.2) is 35.0 Å². The topological polar surface area (TPSA) is 58.2 Å². The van der Waals surface area contributed by atoms with E-state index in [1.807, 2.05) is 31.4 Å². The summed E-state index contributed by atoms with van der Waals surface area (Å²) in [5.41, 5.74) is 1.32. The van der Waals surface area contributed by atoms with Crippen molar-refractivity contribution >= 4 is 46.4 Å².